The molecule has 2 aliphatic heterocycles. The Morgan fingerprint density at radius 1 is 1.04 bits per heavy atom. The average molecular weight is 450 g/mol. The Hall–Kier alpha value is -0.730. The van der Waals surface area contributed by atoms with Gasteiger partial charge in [-0.15, -0.1) is 24.0 Å². The fourth-order valence-electron chi connectivity index (χ4n) is 2.86. The summed E-state index contributed by atoms with van der Waals surface area (Å²) in [5.41, 5.74) is 7.34. The van der Waals surface area contributed by atoms with Crippen LogP contribution >= 0.6 is 35.6 Å². The van der Waals surface area contributed by atoms with Gasteiger partial charge in [0.2, 0.25) is 0 Å². The number of aliphatic imine (C=N–C) groups is 1. The SMILES string of the molecule is I.NC(=NCCN1CCC1)N1CCN(c2ccc(Cl)cc2)CC1. The summed E-state index contributed by atoms with van der Waals surface area (Å²) in [7, 11) is 0. The van der Waals surface area contributed by atoms with Crippen molar-refractivity contribution in [3.63, 3.8) is 0 Å². The maximum atomic E-state index is 6.12. The molecule has 128 valence electrons. The van der Waals surface area contributed by atoms with Crippen LogP contribution in [-0.4, -0.2) is 68.1 Å². The maximum absolute atomic E-state index is 6.12. The highest BCUT2D eigenvalue weighted by molar-refractivity contribution is 14.0. The van der Waals surface area contributed by atoms with Gasteiger partial charge in [0.15, 0.2) is 5.96 Å². The second-order valence-corrected chi connectivity index (χ2v) is 6.32. The first-order valence-electron chi connectivity index (χ1n) is 8.00. The van der Waals surface area contributed by atoms with Crippen LogP contribution in [0.1, 0.15) is 6.42 Å². The summed E-state index contributed by atoms with van der Waals surface area (Å²) in [6, 6.07) is 8.02. The molecule has 2 fully saturated rings. The van der Waals surface area contributed by atoms with Crippen LogP contribution in [0.2, 0.25) is 5.02 Å². The lowest BCUT2D eigenvalue weighted by Crippen LogP contribution is -2.51. The largest absolute Gasteiger partial charge is 0.370 e. The van der Waals surface area contributed by atoms with E-state index in [1.807, 2.05) is 12.1 Å². The van der Waals surface area contributed by atoms with E-state index in [2.05, 4.69) is 31.8 Å². The number of benzene rings is 1. The second kappa shape index (κ2) is 8.94. The summed E-state index contributed by atoms with van der Waals surface area (Å²) in [6.07, 6.45) is 1.33. The molecule has 0 aromatic heterocycles. The zero-order valence-corrected chi connectivity index (χ0v) is 16.4. The van der Waals surface area contributed by atoms with Gasteiger partial charge in [-0.25, -0.2) is 0 Å². The Morgan fingerprint density at radius 3 is 2.26 bits per heavy atom. The molecule has 3 rings (SSSR count). The zero-order valence-electron chi connectivity index (χ0n) is 13.3. The van der Waals surface area contributed by atoms with Crippen molar-refractivity contribution in [3.8, 4) is 0 Å². The predicted molar refractivity (Wildman–Crippen MR) is 108 cm³/mol. The fourth-order valence-corrected chi connectivity index (χ4v) is 2.98. The van der Waals surface area contributed by atoms with Gasteiger partial charge in [0.1, 0.15) is 0 Å². The van der Waals surface area contributed by atoms with Crippen molar-refractivity contribution in [2.75, 3.05) is 57.3 Å². The number of hydrogen-bond acceptors (Lipinski definition) is 3. The molecule has 0 atom stereocenters. The third-order valence-electron chi connectivity index (χ3n) is 4.43. The van der Waals surface area contributed by atoms with Crippen LogP contribution in [-0.2, 0) is 0 Å². The van der Waals surface area contributed by atoms with Gasteiger partial charge in [0, 0.05) is 43.4 Å². The van der Waals surface area contributed by atoms with Gasteiger partial charge in [-0.1, -0.05) is 11.6 Å². The molecule has 1 aromatic rings. The molecule has 2 aliphatic rings. The summed E-state index contributed by atoms with van der Waals surface area (Å²) in [5.74, 6) is 0.691. The van der Waals surface area contributed by atoms with Crippen molar-refractivity contribution in [1.29, 1.82) is 0 Å². The average Bonchev–Trinajstić information content (AvgIpc) is 2.50. The van der Waals surface area contributed by atoms with Crippen LogP contribution in [0.25, 0.3) is 0 Å². The van der Waals surface area contributed by atoms with Crippen LogP contribution in [0, 0.1) is 0 Å². The van der Waals surface area contributed by atoms with Gasteiger partial charge in [-0.3, -0.25) is 4.99 Å². The van der Waals surface area contributed by atoms with E-state index in [0.717, 1.165) is 44.3 Å². The first kappa shape index (κ1) is 18.6. The number of nitrogens with zero attached hydrogens (tertiary/aromatic N) is 4. The Morgan fingerprint density at radius 2 is 1.70 bits per heavy atom. The summed E-state index contributed by atoms with van der Waals surface area (Å²) in [4.78, 5) is 11.5. The van der Waals surface area contributed by atoms with Crippen molar-refractivity contribution < 1.29 is 0 Å². The normalized spacial score (nSPS) is 19.3. The zero-order chi connectivity index (χ0) is 15.4. The molecule has 0 spiro atoms. The number of rotatable bonds is 4. The summed E-state index contributed by atoms with van der Waals surface area (Å²) in [6.45, 7) is 8.04. The minimum atomic E-state index is 0. The molecule has 0 amide bonds. The maximum Gasteiger partial charge on any atom is 0.191 e. The minimum Gasteiger partial charge on any atom is -0.370 e. The molecule has 7 heteroatoms. The number of anilines is 1. The Labute approximate surface area is 160 Å². The molecule has 23 heavy (non-hydrogen) atoms. The van der Waals surface area contributed by atoms with Crippen molar-refractivity contribution in [3.05, 3.63) is 29.3 Å². The number of likely N-dealkylation sites (tertiary alicyclic amines) is 1. The molecule has 0 radical (unpaired) electrons. The van der Waals surface area contributed by atoms with Gasteiger partial charge < -0.3 is 20.4 Å². The smallest absolute Gasteiger partial charge is 0.191 e. The van der Waals surface area contributed by atoms with Gasteiger partial charge in [-0.05, 0) is 43.8 Å². The van der Waals surface area contributed by atoms with Crippen LogP contribution in [0.4, 0.5) is 5.69 Å². The third-order valence-corrected chi connectivity index (χ3v) is 4.69. The summed E-state index contributed by atoms with van der Waals surface area (Å²) < 4.78 is 0. The molecule has 0 bridgehead atoms. The first-order chi connectivity index (χ1) is 10.7. The first-order valence-corrected chi connectivity index (χ1v) is 8.38. The number of nitrogens with two attached hydrogens (primary N) is 1. The van der Waals surface area contributed by atoms with E-state index in [0.29, 0.717) is 5.96 Å². The lowest BCUT2D eigenvalue weighted by atomic mass is 10.2. The molecule has 0 saturated carbocycles. The van der Waals surface area contributed by atoms with Crippen molar-refractivity contribution in [1.82, 2.24) is 9.80 Å². The van der Waals surface area contributed by atoms with E-state index in [9.17, 15) is 0 Å². The monoisotopic (exact) mass is 449 g/mol. The van der Waals surface area contributed by atoms with Crippen LogP contribution < -0.4 is 10.6 Å². The van der Waals surface area contributed by atoms with Gasteiger partial charge in [0.25, 0.3) is 0 Å². The minimum absolute atomic E-state index is 0. The molecule has 2 saturated heterocycles. The van der Waals surface area contributed by atoms with Crippen LogP contribution in [0.3, 0.4) is 0 Å². The van der Waals surface area contributed by atoms with E-state index < -0.39 is 0 Å². The molecule has 2 N–H and O–H groups in total. The van der Waals surface area contributed by atoms with E-state index in [1.165, 1.54) is 25.2 Å². The van der Waals surface area contributed by atoms with Crippen LogP contribution in [0.5, 0.6) is 0 Å². The third kappa shape index (κ3) is 5.12. The number of guanidine groups is 1. The second-order valence-electron chi connectivity index (χ2n) is 5.89. The number of piperazine rings is 1. The van der Waals surface area contributed by atoms with Gasteiger partial charge in [0.05, 0.1) is 6.54 Å². The van der Waals surface area contributed by atoms with E-state index in [4.69, 9.17) is 17.3 Å². The molecular weight excluding hydrogens is 425 g/mol. The predicted octanol–water partition coefficient (Wildman–Crippen LogP) is 2.10. The Kier molecular flexibility index (Phi) is 7.23. The fraction of sp³-hybridized carbons (Fsp3) is 0.562. The highest BCUT2D eigenvalue weighted by Crippen LogP contribution is 2.19. The molecule has 1 aromatic carbocycles. The van der Waals surface area contributed by atoms with Crippen molar-refractivity contribution in [2.45, 2.75) is 6.42 Å². The quantitative estimate of drug-likeness (QED) is 0.434. The van der Waals surface area contributed by atoms with E-state index in [1.54, 1.807) is 0 Å². The van der Waals surface area contributed by atoms with E-state index >= 15 is 0 Å². The molecular formula is C16H25ClIN5. The van der Waals surface area contributed by atoms with Crippen molar-refractivity contribution in [2.24, 2.45) is 10.7 Å². The highest BCUT2D eigenvalue weighted by Gasteiger charge is 2.18. The number of halogens is 2. The molecule has 5 nitrogen and oxygen atoms in total. The molecule has 0 aliphatic carbocycles. The van der Waals surface area contributed by atoms with Gasteiger partial charge in [-0.2, -0.15) is 0 Å². The lowest BCUT2D eigenvalue weighted by Gasteiger charge is -2.36. The standard InChI is InChI=1S/C16H24ClN5.HI/c17-14-2-4-15(5-3-14)21-10-12-22(13-11-21)16(18)19-6-9-20-7-1-8-20;/h2-5H,1,6-13H2,(H2,18,19);1H. The summed E-state index contributed by atoms with van der Waals surface area (Å²) in [5, 5.41) is 0.779. The lowest BCUT2D eigenvalue weighted by molar-refractivity contribution is 0.187. The Bertz CT molecular complexity index is 510. The number of hydrogen-bond donors (Lipinski definition) is 1. The molecule has 2 heterocycles. The van der Waals surface area contributed by atoms with Crippen LogP contribution in [0.15, 0.2) is 29.3 Å². The Balaban J connectivity index is 0.00000192. The highest BCUT2D eigenvalue weighted by atomic mass is 127. The van der Waals surface area contributed by atoms with E-state index in [-0.39, 0.29) is 24.0 Å². The van der Waals surface area contributed by atoms with Crippen molar-refractivity contribution >= 4 is 47.2 Å². The topological polar surface area (TPSA) is 48.1 Å². The van der Waals surface area contributed by atoms with Gasteiger partial charge >= 0.3 is 0 Å². The molecule has 0 unspecified atom stereocenters. The summed E-state index contributed by atoms with van der Waals surface area (Å²) >= 11 is 5.94.